The smallest absolute Gasteiger partial charge is 0.289 e. The van der Waals surface area contributed by atoms with E-state index in [0.29, 0.717) is 24.6 Å². The minimum Gasteiger partial charge on any atom is -0.455 e. The van der Waals surface area contributed by atoms with Crippen LogP contribution in [0.3, 0.4) is 0 Å². The molecular weight excluding hydrogens is 290 g/mol. The molecule has 7 heteroatoms. The topological polar surface area (TPSA) is 71.5 Å². The highest BCUT2D eigenvalue weighted by Crippen LogP contribution is 2.22. The van der Waals surface area contributed by atoms with Crippen molar-refractivity contribution in [1.82, 2.24) is 14.5 Å². The SMILES string of the molecule is CCN(CCO)C(=O)c1ccc(CSc2nccn2C)o1. The summed E-state index contributed by atoms with van der Waals surface area (Å²) in [7, 11) is 1.93. The molecule has 114 valence electrons. The maximum atomic E-state index is 12.2. The second-order valence-electron chi connectivity index (χ2n) is 4.48. The van der Waals surface area contributed by atoms with Gasteiger partial charge in [-0.3, -0.25) is 4.79 Å². The van der Waals surface area contributed by atoms with Gasteiger partial charge in [-0.25, -0.2) is 4.98 Å². The van der Waals surface area contributed by atoms with Crippen LogP contribution in [0.4, 0.5) is 0 Å². The number of amides is 1. The quantitative estimate of drug-likeness (QED) is 0.789. The van der Waals surface area contributed by atoms with Crippen LogP contribution < -0.4 is 0 Å². The largest absolute Gasteiger partial charge is 0.455 e. The van der Waals surface area contributed by atoms with E-state index in [2.05, 4.69) is 4.98 Å². The number of thioether (sulfide) groups is 1. The van der Waals surface area contributed by atoms with E-state index in [1.165, 1.54) is 0 Å². The van der Waals surface area contributed by atoms with E-state index in [0.717, 1.165) is 10.9 Å². The molecule has 0 saturated carbocycles. The fourth-order valence-corrected chi connectivity index (χ4v) is 2.70. The molecule has 2 heterocycles. The Bertz CT molecular complexity index is 594. The van der Waals surface area contributed by atoms with Crippen LogP contribution in [0.25, 0.3) is 0 Å². The van der Waals surface area contributed by atoms with Crippen molar-refractivity contribution in [3.63, 3.8) is 0 Å². The van der Waals surface area contributed by atoms with Gasteiger partial charge in [0.2, 0.25) is 0 Å². The molecule has 2 rings (SSSR count). The predicted molar refractivity (Wildman–Crippen MR) is 80.1 cm³/mol. The van der Waals surface area contributed by atoms with E-state index in [1.54, 1.807) is 35.0 Å². The van der Waals surface area contributed by atoms with E-state index in [9.17, 15) is 4.79 Å². The molecule has 0 aliphatic rings. The molecule has 0 aliphatic heterocycles. The van der Waals surface area contributed by atoms with Gasteiger partial charge in [0.15, 0.2) is 10.9 Å². The number of aryl methyl sites for hydroxylation is 1. The Morgan fingerprint density at radius 2 is 2.33 bits per heavy atom. The average molecular weight is 309 g/mol. The fraction of sp³-hybridized carbons (Fsp3) is 0.429. The van der Waals surface area contributed by atoms with Crippen LogP contribution in [0, 0.1) is 0 Å². The number of carbonyl (C=O) groups is 1. The number of hydrogen-bond acceptors (Lipinski definition) is 5. The van der Waals surface area contributed by atoms with Gasteiger partial charge in [0.05, 0.1) is 12.4 Å². The van der Waals surface area contributed by atoms with Crippen LogP contribution in [-0.2, 0) is 12.8 Å². The number of nitrogens with zero attached hydrogens (tertiary/aromatic N) is 3. The van der Waals surface area contributed by atoms with E-state index in [4.69, 9.17) is 9.52 Å². The van der Waals surface area contributed by atoms with Crippen molar-refractivity contribution < 1.29 is 14.3 Å². The first-order chi connectivity index (χ1) is 10.2. The summed E-state index contributed by atoms with van der Waals surface area (Å²) >= 11 is 1.55. The first-order valence-corrected chi connectivity index (χ1v) is 7.73. The third-order valence-electron chi connectivity index (χ3n) is 3.03. The zero-order valence-corrected chi connectivity index (χ0v) is 13.0. The van der Waals surface area contributed by atoms with Gasteiger partial charge in [-0.2, -0.15) is 0 Å². The number of imidazole rings is 1. The van der Waals surface area contributed by atoms with E-state index >= 15 is 0 Å². The molecule has 6 nitrogen and oxygen atoms in total. The first kappa shape index (κ1) is 15.7. The summed E-state index contributed by atoms with van der Waals surface area (Å²) in [5.41, 5.74) is 0. The summed E-state index contributed by atoms with van der Waals surface area (Å²) in [4.78, 5) is 17.9. The molecule has 1 amide bonds. The van der Waals surface area contributed by atoms with Gasteiger partial charge in [0, 0.05) is 32.5 Å². The summed E-state index contributed by atoms with van der Waals surface area (Å²) in [5, 5.41) is 9.85. The zero-order valence-electron chi connectivity index (χ0n) is 12.2. The summed E-state index contributed by atoms with van der Waals surface area (Å²) in [6, 6.07) is 3.48. The van der Waals surface area contributed by atoms with Gasteiger partial charge in [0.25, 0.3) is 5.91 Å². The Morgan fingerprint density at radius 3 is 2.95 bits per heavy atom. The number of likely N-dealkylation sites (N-methyl/N-ethyl adjacent to an activating group) is 1. The van der Waals surface area contributed by atoms with Crippen LogP contribution in [-0.4, -0.2) is 45.2 Å². The molecule has 1 N–H and O–H groups in total. The molecule has 0 atom stereocenters. The van der Waals surface area contributed by atoms with Crippen molar-refractivity contribution >= 4 is 17.7 Å². The second-order valence-corrected chi connectivity index (χ2v) is 5.43. The average Bonchev–Trinajstić information content (AvgIpc) is 3.11. The second kappa shape index (κ2) is 7.33. The van der Waals surface area contributed by atoms with Crippen molar-refractivity contribution in [3.05, 3.63) is 36.0 Å². The van der Waals surface area contributed by atoms with Crippen molar-refractivity contribution in [1.29, 1.82) is 0 Å². The maximum Gasteiger partial charge on any atom is 0.289 e. The van der Waals surface area contributed by atoms with Crippen molar-refractivity contribution in [2.45, 2.75) is 17.8 Å². The van der Waals surface area contributed by atoms with Crippen molar-refractivity contribution in [3.8, 4) is 0 Å². The lowest BCUT2D eigenvalue weighted by Gasteiger charge is -2.17. The van der Waals surface area contributed by atoms with Gasteiger partial charge in [-0.05, 0) is 19.1 Å². The Balaban J connectivity index is 1.97. The molecule has 0 bridgehead atoms. The minimum atomic E-state index is -0.195. The normalized spacial score (nSPS) is 10.8. The van der Waals surface area contributed by atoms with Gasteiger partial charge in [-0.15, -0.1) is 0 Å². The Kier molecular flexibility index (Phi) is 5.46. The summed E-state index contributed by atoms with van der Waals surface area (Å²) < 4.78 is 7.51. The number of aliphatic hydroxyl groups is 1. The summed E-state index contributed by atoms with van der Waals surface area (Å²) in [5.74, 6) is 1.46. The third kappa shape index (κ3) is 3.89. The fourth-order valence-electron chi connectivity index (χ4n) is 1.88. The zero-order chi connectivity index (χ0) is 15.2. The highest BCUT2D eigenvalue weighted by molar-refractivity contribution is 7.98. The van der Waals surface area contributed by atoms with Crippen LogP contribution >= 0.6 is 11.8 Å². The molecule has 2 aromatic heterocycles. The Hall–Kier alpha value is -1.73. The number of aliphatic hydroxyl groups excluding tert-OH is 1. The lowest BCUT2D eigenvalue weighted by Crippen LogP contribution is -2.33. The van der Waals surface area contributed by atoms with Crippen LogP contribution in [0.15, 0.2) is 34.1 Å². The van der Waals surface area contributed by atoms with Crippen LogP contribution in [0.2, 0.25) is 0 Å². The van der Waals surface area contributed by atoms with Crippen LogP contribution in [0.5, 0.6) is 0 Å². The Labute approximate surface area is 127 Å². The molecule has 0 spiro atoms. The van der Waals surface area contributed by atoms with Crippen molar-refractivity contribution in [2.24, 2.45) is 7.05 Å². The van der Waals surface area contributed by atoms with Crippen LogP contribution in [0.1, 0.15) is 23.2 Å². The first-order valence-electron chi connectivity index (χ1n) is 6.74. The molecule has 2 aromatic rings. The van der Waals surface area contributed by atoms with E-state index < -0.39 is 0 Å². The molecule has 0 saturated heterocycles. The molecule has 21 heavy (non-hydrogen) atoms. The van der Waals surface area contributed by atoms with Gasteiger partial charge >= 0.3 is 0 Å². The lowest BCUT2D eigenvalue weighted by atomic mass is 10.3. The molecule has 0 aromatic carbocycles. The molecule has 0 fully saturated rings. The third-order valence-corrected chi connectivity index (χ3v) is 4.11. The van der Waals surface area contributed by atoms with Gasteiger partial charge in [-0.1, -0.05) is 11.8 Å². The van der Waals surface area contributed by atoms with Crippen molar-refractivity contribution in [2.75, 3.05) is 19.7 Å². The Morgan fingerprint density at radius 1 is 1.52 bits per heavy atom. The monoisotopic (exact) mass is 309 g/mol. The number of carbonyl (C=O) groups excluding carboxylic acids is 1. The van der Waals surface area contributed by atoms with Gasteiger partial charge in [0.1, 0.15) is 5.76 Å². The predicted octanol–water partition coefficient (Wildman–Crippen LogP) is 1.76. The number of aromatic nitrogens is 2. The summed E-state index contributed by atoms with van der Waals surface area (Å²) in [6.45, 7) is 2.67. The standard InChI is InChI=1S/C14H19N3O3S/c1-3-17(8-9-18)13(19)12-5-4-11(20-12)10-21-14-15-6-7-16(14)2/h4-7,18H,3,8-10H2,1-2H3. The highest BCUT2D eigenvalue weighted by Gasteiger charge is 2.17. The van der Waals surface area contributed by atoms with E-state index in [-0.39, 0.29) is 12.5 Å². The minimum absolute atomic E-state index is 0.0534. The molecule has 0 radical (unpaired) electrons. The molecular formula is C14H19N3O3S. The highest BCUT2D eigenvalue weighted by atomic mass is 32.2. The lowest BCUT2D eigenvalue weighted by molar-refractivity contribution is 0.0699. The number of furan rings is 1. The number of hydrogen-bond donors (Lipinski definition) is 1. The molecule has 0 unspecified atom stereocenters. The maximum absolute atomic E-state index is 12.2. The molecule has 0 aliphatic carbocycles. The van der Waals surface area contributed by atoms with Gasteiger partial charge < -0.3 is 19.0 Å². The van der Waals surface area contributed by atoms with E-state index in [1.807, 2.05) is 24.7 Å². The summed E-state index contributed by atoms with van der Waals surface area (Å²) in [6.07, 6.45) is 3.63. The number of rotatable bonds is 7.